The summed E-state index contributed by atoms with van der Waals surface area (Å²) in [4.78, 5) is 69.3. The first-order valence-electron chi connectivity index (χ1n) is 22.3. The van der Waals surface area contributed by atoms with Crippen LogP contribution in [-0.2, 0) is 46.9 Å². The Morgan fingerprint density at radius 1 is 0.638 bits per heavy atom. The maximum absolute atomic E-state index is 14.2. The van der Waals surface area contributed by atoms with Gasteiger partial charge in [-0.05, 0) is 167 Å². The summed E-state index contributed by atoms with van der Waals surface area (Å²) in [5, 5.41) is 5.14. The predicted molar refractivity (Wildman–Crippen MR) is 266 cm³/mol. The van der Waals surface area contributed by atoms with E-state index in [1.165, 1.54) is 48.5 Å². The molecule has 18 nitrogen and oxygen atoms in total. The Labute approximate surface area is 408 Å². The second kappa shape index (κ2) is 22.2. The van der Waals surface area contributed by atoms with Crippen molar-refractivity contribution >= 4 is 60.4 Å². The van der Waals surface area contributed by atoms with Crippen LogP contribution in [0.25, 0.3) is 0 Å². The normalized spacial score (nSPS) is 13.3. The largest absolute Gasteiger partial charge is 0.544 e. The maximum Gasteiger partial charge on any atom is 0.437 e. The van der Waals surface area contributed by atoms with Crippen molar-refractivity contribution in [1.29, 1.82) is 0 Å². The molecule has 380 valence electrons. The van der Waals surface area contributed by atoms with Crippen LogP contribution in [0.1, 0.15) is 125 Å². The van der Waals surface area contributed by atoms with E-state index in [2.05, 4.69) is 54.2 Å². The first-order chi connectivity index (χ1) is 31.3. The fourth-order valence-corrected chi connectivity index (χ4v) is 7.66. The molecule has 3 amide bonds. The Balaban J connectivity index is 1.84. The van der Waals surface area contributed by atoms with Crippen molar-refractivity contribution in [3.05, 3.63) is 89.5 Å². The molecule has 0 fully saturated rings. The Kier molecular flexibility index (Phi) is 18.4. The molecular formula is C49H71N5O13SSi. The number of hydrogen-bond donors (Lipinski definition) is 3. The number of amides is 3. The van der Waals surface area contributed by atoms with Gasteiger partial charge in [-0.2, -0.15) is 17.4 Å². The van der Waals surface area contributed by atoms with Crippen LogP contribution in [0.4, 0.5) is 20.1 Å². The Morgan fingerprint density at radius 3 is 1.62 bits per heavy atom. The van der Waals surface area contributed by atoms with Crippen molar-refractivity contribution in [3.63, 3.8) is 0 Å². The molecule has 0 saturated heterocycles. The molecule has 69 heavy (non-hydrogen) atoms. The zero-order valence-electron chi connectivity index (χ0n) is 43.0. The number of carbonyl (C=O) groups excluding carboxylic acids is 5. The lowest BCUT2D eigenvalue weighted by atomic mass is 10.1. The Morgan fingerprint density at radius 2 is 1.13 bits per heavy atom. The number of nitrogens with zero attached hydrogens (tertiary/aromatic N) is 2. The summed E-state index contributed by atoms with van der Waals surface area (Å²) >= 11 is 0. The molecule has 0 bridgehead atoms. The molecular weight excluding hydrogens is 927 g/mol. The monoisotopic (exact) mass is 997 g/mol. The van der Waals surface area contributed by atoms with Gasteiger partial charge in [-0.15, -0.1) is 4.99 Å². The summed E-state index contributed by atoms with van der Waals surface area (Å²) in [6.45, 7) is 29.8. The van der Waals surface area contributed by atoms with Crippen LogP contribution in [0.15, 0.2) is 77.8 Å². The van der Waals surface area contributed by atoms with Gasteiger partial charge in [0.1, 0.15) is 39.9 Å². The van der Waals surface area contributed by atoms with E-state index >= 15 is 0 Å². The van der Waals surface area contributed by atoms with Crippen LogP contribution >= 0.6 is 0 Å². The topological polar surface area (TPSA) is 227 Å². The van der Waals surface area contributed by atoms with Crippen molar-refractivity contribution in [2.24, 2.45) is 4.99 Å². The molecule has 0 heterocycles. The highest BCUT2D eigenvalue weighted by Gasteiger charge is 2.40. The van der Waals surface area contributed by atoms with Gasteiger partial charge >= 0.3 is 40.4 Å². The minimum atomic E-state index is -4.82. The van der Waals surface area contributed by atoms with Gasteiger partial charge in [0.25, 0.3) is 0 Å². The SMILES string of the molecule is CC(C)(C)OC(=O)/N=C(/NC(=O)OC(C)(C)C)Nc1ccc(C(=O)Oc2ccc(CN(C(=O)OC(C)(C)C)S(=O)(=O)N[C@@H](Cc3ccc(O[Si](C)(C)C(C)(C)C)cc3)C(=O)OC(C)(C)C)cc2)cc1. The van der Waals surface area contributed by atoms with E-state index in [4.69, 9.17) is 28.1 Å². The minimum absolute atomic E-state index is 0.0441. The zero-order chi connectivity index (χ0) is 52.6. The highest BCUT2D eigenvalue weighted by molar-refractivity contribution is 7.87. The van der Waals surface area contributed by atoms with E-state index in [1.54, 1.807) is 107 Å². The number of esters is 2. The van der Waals surface area contributed by atoms with E-state index in [-0.39, 0.29) is 28.7 Å². The molecule has 3 aromatic carbocycles. The van der Waals surface area contributed by atoms with E-state index in [1.807, 2.05) is 0 Å². The summed E-state index contributed by atoms with van der Waals surface area (Å²) in [7, 11) is -6.98. The summed E-state index contributed by atoms with van der Waals surface area (Å²) < 4.78 is 65.0. The lowest BCUT2D eigenvalue weighted by molar-refractivity contribution is -0.157. The molecule has 3 N–H and O–H groups in total. The predicted octanol–water partition coefficient (Wildman–Crippen LogP) is 10.0. The summed E-state index contributed by atoms with van der Waals surface area (Å²) in [5.74, 6) is -1.16. The van der Waals surface area contributed by atoms with E-state index in [0.717, 1.165) is 0 Å². The van der Waals surface area contributed by atoms with Crippen LogP contribution in [0.5, 0.6) is 11.5 Å². The number of benzene rings is 3. The third-order valence-corrected chi connectivity index (χ3v) is 15.3. The molecule has 3 rings (SSSR count). The molecule has 0 unspecified atom stereocenters. The minimum Gasteiger partial charge on any atom is -0.544 e. The van der Waals surface area contributed by atoms with Crippen molar-refractivity contribution in [2.75, 3.05) is 5.32 Å². The fraction of sp³-hybridized carbons (Fsp3) is 0.510. The number of nitrogens with one attached hydrogen (secondary N) is 3. The Hall–Kier alpha value is -5.99. The number of alkyl carbamates (subject to hydrolysis) is 1. The van der Waals surface area contributed by atoms with Gasteiger partial charge in [0.15, 0.2) is 0 Å². The zero-order valence-corrected chi connectivity index (χ0v) is 44.8. The van der Waals surface area contributed by atoms with Gasteiger partial charge in [0, 0.05) is 5.69 Å². The second-order valence-electron chi connectivity index (χ2n) is 21.7. The molecule has 0 aromatic heterocycles. The Bertz CT molecular complexity index is 2420. The van der Waals surface area contributed by atoms with Gasteiger partial charge in [-0.25, -0.2) is 19.2 Å². The summed E-state index contributed by atoms with van der Waals surface area (Å²) in [6.07, 6.45) is -3.18. The van der Waals surface area contributed by atoms with Crippen LogP contribution in [-0.4, -0.2) is 85.7 Å². The van der Waals surface area contributed by atoms with Crippen LogP contribution < -0.4 is 24.5 Å². The van der Waals surface area contributed by atoms with Gasteiger partial charge < -0.3 is 33.4 Å². The molecule has 0 aliphatic rings. The number of hydrogen-bond acceptors (Lipinski definition) is 13. The molecule has 20 heteroatoms. The van der Waals surface area contributed by atoms with Gasteiger partial charge in [0.2, 0.25) is 14.3 Å². The fourth-order valence-electron chi connectivity index (χ4n) is 5.41. The van der Waals surface area contributed by atoms with E-state index < -0.39 is 83.7 Å². The average molecular weight is 998 g/mol. The van der Waals surface area contributed by atoms with Crippen molar-refractivity contribution in [2.45, 2.75) is 163 Å². The number of aliphatic imine (C=N–C) groups is 1. The molecule has 0 saturated carbocycles. The number of carbonyl (C=O) groups is 5. The smallest absolute Gasteiger partial charge is 0.437 e. The van der Waals surface area contributed by atoms with Gasteiger partial charge in [-0.3, -0.25) is 10.1 Å². The molecule has 0 spiro atoms. The quantitative estimate of drug-likeness (QED) is 0.0362. The number of rotatable bonds is 13. The number of anilines is 1. The van der Waals surface area contributed by atoms with Crippen LogP contribution in [0, 0.1) is 0 Å². The van der Waals surface area contributed by atoms with Gasteiger partial charge in [-0.1, -0.05) is 45.0 Å². The third kappa shape index (κ3) is 20.2. The second-order valence-corrected chi connectivity index (χ2v) is 28.1. The standard InChI is InChI=1S/C49H71N5O13SSi/c1-45(2,3)63-40(56)38(30-32-18-28-37(29-19-32)67-69(16,17)49(13,14)15)53-68(60,61)54(44(59)66-48(10,11)12)31-33-20-26-36(27-21-33)62-39(55)34-22-24-35(25-23-34)50-41(51-42(57)64-46(4,5)6)52-43(58)65-47(7,8)9/h18-29,38,53H,30-31H2,1-17H3,(H2,50,51,52,57,58)/t38-/m0/s1. The van der Waals surface area contributed by atoms with Crippen molar-refractivity contribution < 1.29 is 60.5 Å². The molecule has 1 atom stereocenters. The lowest BCUT2D eigenvalue weighted by Crippen LogP contribution is -2.52. The number of guanidine groups is 1. The van der Waals surface area contributed by atoms with Gasteiger partial charge in [0.05, 0.1) is 12.1 Å². The lowest BCUT2D eigenvalue weighted by Gasteiger charge is -2.36. The van der Waals surface area contributed by atoms with E-state index in [9.17, 15) is 32.4 Å². The summed E-state index contributed by atoms with van der Waals surface area (Å²) in [5.41, 5.74) is -2.41. The van der Waals surface area contributed by atoms with Crippen molar-refractivity contribution in [3.8, 4) is 11.5 Å². The third-order valence-electron chi connectivity index (χ3n) is 9.47. The number of ether oxygens (including phenoxy) is 5. The van der Waals surface area contributed by atoms with Crippen molar-refractivity contribution in [1.82, 2.24) is 14.3 Å². The van der Waals surface area contributed by atoms with Crippen LogP contribution in [0.3, 0.4) is 0 Å². The molecule has 0 radical (unpaired) electrons. The molecule has 0 aliphatic heterocycles. The maximum atomic E-state index is 14.2. The highest BCUT2D eigenvalue weighted by atomic mass is 32.2. The first-order valence-corrected chi connectivity index (χ1v) is 26.7. The molecule has 3 aromatic rings. The molecule has 0 aliphatic carbocycles. The summed E-state index contributed by atoms with van der Waals surface area (Å²) in [6, 6.07) is 17.2. The van der Waals surface area contributed by atoms with Crippen LogP contribution in [0.2, 0.25) is 18.1 Å². The highest BCUT2D eigenvalue weighted by Crippen LogP contribution is 2.37. The first kappa shape index (κ1) is 57.3. The average Bonchev–Trinajstić information content (AvgIpc) is 3.14. The van der Waals surface area contributed by atoms with E-state index in [0.29, 0.717) is 26.9 Å².